The van der Waals surface area contributed by atoms with E-state index in [1.807, 2.05) is 73.8 Å². The summed E-state index contributed by atoms with van der Waals surface area (Å²) >= 11 is 0. The second-order valence-electron chi connectivity index (χ2n) is 6.94. The fraction of sp³-hybridized carbons (Fsp3) is 0.174. The van der Waals surface area contributed by atoms with Crippen molar-refractivity contribution in [3.05, 3.63) is 78.0 Å². The molecule has 0 saturated carbocycles. The number of aromatic nitrogens is 3. The Balaban J connectivity index is 1.43. The predicted octanol–water partition coefficient (Wildman–Crippen LogP) is 3.84. The van der Waals surface area contributed by atoms with Crippen molar-refractivity contribution in [2.75, 3.05) is 7.11 Å². The number of aryl methyl sites for hydroxylation is 1. The number of carbonyl (C=O) groups excluding carboxylic acids is 1. The van der Waals surface area contributed by atoms with Crippen LogP contribution in [0.4, 0.5) is 0 Å². The Morgan fingerprint density at radius 2 is 1.97 bits per heavy atom. The monoisotopic (exact) mass is 402 g/mol. The van der Waals surface area contributed by atoms with Crippen LogP contribution in [0.5, 0.6) is 5.75 Å². The molecule has 0 bridgehead atoms. The van der Waals surface area contributed by atoms with E-state index in [9.17, 15) is 4.79 Å². The van der Waals surface area contributed by atoms with Crippen molar-refractivity contribution in [3.63, 3.8) is 0 Å². The van der Waals surface area contributed by atoms with E-state index in [-0.39, 0.29) is 12.5 Å². The van der Waals surface area contributed by atoms with Gasteiger partial charge in [0.25, 0.3) is 5.89 Å². The number of nitrogens with one attached hydrogen (secondary N) is 1. The van der Waals surface area contributed by atoms with Gasteiger partial charge in [-0.2, -0.15) is 4.98 Å². The first kappa shape index (κ1) is 19.4. The SMILES string of the molecule is COc1cccc(CNC(=O)Cn2cccc2-c2nc(-c3ccc(C)cc3)no2)c1. The van der Waals surface area contributed by atoms with Gasteiger partial charge in [-0.05, 0) is 36.8 Å². The Morgan fingerprint density at radius 1 is 1.13 bits per heavy atom. The lowest BCUT2D eigenvalue weighted by Crippen LogP contribution is -2.27. The second kappa shape index (κ2) is 8.65. The van der Waals surface area contributed by atoms with E-state index in [0.29, 0.717) is 24.0 Å². The minimum atomic E-state index is -0.117. The number of nitrogens with zero attached hydrogens (tertiary/aromatic N) is 3. The van der Waals surface area contributed by atoms with Crippen molar-refractivity contribution >= 4 is 5.91 Å². The van der Waals surface area contributed by atoms with Gasteiger partial charge in [0, 0.05) is 18.3 Å². The second-order valence-corrected chi connectivity index (χ2v) is 6.94. The van der Waals surface area contributed by atoms with Crippen LogP contribution in [0.3, 0.4) is 0 Å². The molecule has 2 aromatic heterocycles. The maximum absolute atomic E-state index is 12.5. The highest BCUT2D eigenvalue weighted by molar-refractivity contribution is 5.76. The molecule has 0 fully saturated rings. The maximum atomic E-state index is 12.5. The van der Waals surface area contributed by atoms with E-state index in [1.54, 1.807) is 11.7 Å². The molecule has 0 unspecified atom stereocenters. The van der Waals surface area contributed by atoms with Gasteiger partial charge in [-0.25, -0.2) is 0 Å². The van der Waals surface area contributed by atoms with Crippen LogP contribution in [-0.2, 0) is 17.9 Å². The number of amides is 1. The number of hydrogen-bond donors (Lipinski definition) is 1. The normalized spacial score (nSPS) is 10.7. The molecule has 1 amide bonds. The number of ether oxygens (including phenoxy) is 1. The lowest BCUT2D eigenvalue weighted by molar-refractivity contribution is -0.121. The molecule has 4 aromatic rings. The van der Waals surface area contributed by atoms with Gasteiger partial charge in [0.1, 0.15) is 18.0 Å². The highest BCUT2D eigenvalue weighted by atomic mass is 16.5. The first-order chi connectivity index (χ1) is 14.6. The summed E-state index contributed by atoms with van der Waals surface area (Å²) in [5, 5.41) is 6.99. The van der Waals surface area contributed by atoms with Gasteiger partial charge < -0.3 is 19.1 Å². The zero-order chi connectivity index (χ0) is 20.9. The quantitative estimate of drug-likeness (QED) is 0.508. The number of methoxy groups -OCH3 is 1. The largest absolute Gasteiger partial charge is 0.497 e. The van der Waals surface area contributed by atoms with Crippen molar-refractivity contribution in [2.24, 2.45) is 0 Å². The average molecular weight is 402 g/mol. The Kier molecular flexibility index (Phi) is 5.61. The topological polar surface area (TPSA) is 82.2 Å². The molecular formula is C23H22N4O3. The van der Waals surface area contributed by atoms with Gasteiger partial charge in [0.2, 0.25) is 11.7 Å². The lowest BCUT2D eigenvalue weighted by Gasteiger charge is -2.09. The van der Waals surface area contributed by atoms with Crippen molar-refractivity contribution in [2.45, 2.75) is 20.0 Å². The van der Waals surface area contributed by atoms with Crippen LogP contribution in [0.2, 0.25) is 0 Å². The van der Waals surface area contributed by atoms with Gasteiger partial charge >= 0.3 is 0 Å². The summed E-state index contributed by atoms with van der Waals surface area (Å²) in [6, 6.07) is 19.2. The predicted molar refractivity (Wildman–Crippen MR) is 113 cm³/mol. The first-order valence-electron chi connectivity index (χ1n) is 9.58. The summed E-state index contributed by atoms with van der Waals surface area (Å²) < 4.78 is 12.4. The Labute approximate surface area is 174 Å². The minimum absolute atomic E-state index is 0.117. The van der Waals surface area contributed by atoms with Crippen LogP contribution in [0.15, 0.2) is 71.4 Å². The summed E-state index contributed by atoms with van der Waals surface area (Å²) in [6.07, 6.45) is 1.82. The Morgan fingerprint density at radius 3 is 2.77 bits per heavy atom. The molecule has 0 aliphatic carbocycles. The third-order valence-electron chi connectivity index (χ3n) is 4.72. The van der Waals surface area contributed by atoms with E-state index in [1.165, 1.54) is 0 Å². The van der Waals surface area contributed by atoms with E-state index in [0.717, 1.165) is 22.4 Å². The zero-order valence-corrected chi connectivity index (χ0v) is 16.8. The van der Waals surface area contributed by atoms with Gasteiger partial charge in [-0.15, -0.1) is 0 Å². The third kappa shape index (κ3) is 4.41. The lowest BCUT2D eigenvalue weighted by atomic mass is 10.1. The minimum Gasteiger partial charge on any atom is -0.497 e. The standard InChI is InChI=1S/C23H22N4O3/c1-16-8-10-18(11-9-16)22-25-23(30-26-22)20-7-4-12-27(20)15-21(28)24-14-17-5-3-6-19(13-17)29-2/h3-13H,14-15H2,1-2H3,(H,24,28). The fourth-order valence-corrected chi connectivity index (χ4v) is 3.09. The smallest absolute Gasteiger partial charge is 0.274 e. The Hall–Kier alpha value is -3.87. The molecule has 0 aliphatic rings. The van der Waals surface area contributed by atoms with E-state index in [2.05, 4.69) is 15.5 Å². The molecular weight excluding hydrogens is 380 g/mol. The van der Waals surface area contributed by atoms with Gasteiger partial charge in [0.15, 0.2) is 0 Å². The molecule has 0 aliphatic heterocycles. The summed E-state index contributed by atoms with van der Waals surface area (Å²) in [5.74, 6) is 1.53. The van der Waals surface area contributed by atoms with Crippen LogP contribution >= 0.6 is 0 Å². The molecule has 2 heterocycles. The molecule has 4 rings (SSSR count). The summed E-state index contributed by atoms with van der Waals surface area (Å²) in [6.45, 7) is 2.59. The fourth-order valence-electron chi connectivity index (χ4n) is 3.09. The summed E-state index contributed by atoms with van der Waals surface area (Å²) in [7, 11) is 1.62. The van der Waals surface area contributed by atoms with Crippen molar-refractivity contribution in [1.29, 1.82) is 0 Å². The number of hydrogen-bond acceptors (Lipinski definition) is 5. The van der Waals surface area contributed by atoms with E-state index < -0.39 is 0 Å². The van der Waals surface area contributed by atoms with Gasteiger partial charge in [0.05, 0.1) is 7.11 Å². The van der Waals surface area contributed by atoms with Crippen LogP contribution in [-0.4, -0.2) is 27.7 Å². The molecule has 1 N–H and O–H groups in total. The molecule has 7 nitrogen and oxygen atoms in total. The van der Waals surface area contributed by atoms with Gasteiger partial charge in [-0.1, -0.05) is 47.1 Å². The van der Waals surface area contributed by atoms with Gasteiger partial charge in [-0.3, -0.25) is 4.79 Å². The molecule has 30 heavy (non-hydrogen) atoms. The molecule has 152 valence electrons. The van der Waals surface area contributed by atoms with Crippen molar-refractivity contribution in [1.82, 2.24) is 20.0 Å². The van der Waals surface area contributed by atoms with Crippen molar-refractivity contribution < 1.29 is 14.1 Å². The zero-order valence-electron chi connectivity index (χ0n) is 16.8. The highest BCUT2D eigenvalue weighted by Crippen LogP contribution is 2.23. The van der Waals surface area contributed by atoms with Crippen LogP contribution in [0.25, 0.3) is 23.0 Å². The molecule has 0 spiro atoms. The number of carbonyl (C=O) groups is 1. The molecule has 0 atom stereocenters. The summed E-state index contributed by atoms with van der Waals surface area (Å²) in [4.78, 5) is 16.9. The number of benzene rings is 2. The van der Waals surface area contributed by atoms with Crippen LogP contribution in [0, 0.1) is 6.92 Å². The molecule has 2 aromatic carbocycles. The molecule has 7 heteroatoms. The van der Waals surface area contributed by atoms with Crippen molar-refractivity contribution in [3.8, 4) is 28.7 Å². The summed E-state index contributed by atoms with van der Waals surface area (Å²) in [5.41, 5.74) is 3.70. The van der Waals surface area contributed by atoms with Crippen LogP contribution < -0.4 is 10.1 Å². The van der Waals surface area contributed by atoms with E-state index in [4.69, 9.17) is 9.26 Å². The number of rotatable bonds is 7. The maximum Gasteiger partial charge on any atom is 0.274 e. The van der Waals surface area contributed by atoms with Crippen LogP contribution in [0.1, 0.15) is 11.1 Å². The van der Waals surface area contributed by atoms with E-state index >= 15 is 0 Å². The third-order valence-corrected chi connectivity index (χ3v) is 4.72. The first-order valence-corrected chi connectivity index (χ1v) is 9.58. The molecule has 0 saturated heterocycles. The highest BCUT2D eigenvalue weighted by Gasteiger charge is 2.15. The molecule has 0 radical (unpaired) electrons. The average Bonchev–Trinajstić information content (AvgIpc) is 3.42. The Bertz CT molecular complexity index is 1150.